The highest BCUT2D eigenvalue weighted by molar-refractivity contribution is 5.67. The molecule has 2 aromatic carbocycles. The molecule has 0 radical (unpaired) electrons. The average molecular weight is 401 g/mol. The van der Waals surface area contributed by atoms with Gasteiger partial charge in [-0.15, -0.1) is 0 Å². The predicted octanol–water partition coefficient (Wildman–Crippen LogP) is 8.80. The standard InChI is InChI=1S/C22H16N2.2C2H6.2CH4/c1-3-7-17(8-4-1)19-11-13-21(23-15-19)22-14-12-20(16-24-22)18-9-5-2-6-10-18;2*1-2;;/h1-16H;2*1-2H3;2*1H4. The highest BCUT2D eigenvalue weighted by Gasteiger charge is 2.04. The van der Waals surface area contributed by atoms with E-state index in [1.165, 1.54) is 11.1 Å². The average Bonchev–Trinajstić information content (AvgIpc) is 2.83. The molecule has 0 aliphatic carbocycles. The third-order valence-corrected chi connectivity index (χ3v) is 4.00. The molecule has 4 aromatic rings. The summed E-state index contributed by atoms with van der Waals surface area (Å²) in [5.41, 5.74) is 6.33. The number of hydrogen-bond donors (Lipinski definition) is 0. The Hall–Kier alpha value is -3.26. The molecule has 0 unspecified atom stereocenters. The SMILES string of the molecule is C.C.CC.CC.c1ccc(-c2ccc(-c3ccc(-c4ccccc4)cn3)nc2)cc1. The second-order valence-electron chi connectivity index (χ2n) is 5.60. The molecule has 0 amide bonds. The maximum absolute atomic E-state index is 4.57. The van der Waals surface area contributed by atoms with E-state index in [0.717, 1.165) is 22.5 Å². The highest BCUT2D eigenvalue weighted by Crippen LogP contribution is 2.23. The smallest absolute Gasteiger partial charge is 0.0886 e. The molecule has 0 aliphatic rings. The fourth-order valence-corrected chi connectivity index (χ4v) is 2.69. The number of hydrogen-bond acceptors (Lipinski definition) is 2. The molecule has 0 aliphatic heterocycles. The quantitative estimate of drug-likeness (QED) is 0.343. The molecule has 0 spiro atoms. The molecule has 2 aromatic heterocycles. The molecule has 0 atom stereocenters. The van der Waals surface area contributed by atoms with Crippen LogP contribution >= 0.6 is 0 Å². The minimum atomic E-state index is 0. The fourth-order valence-electron chi connectivity index (χ4n) is 2.69. The molecular weight excluding hydrogens is 364 g/mol. The lowest BCUT2D eigenvalue weighted by Gasteiger charge is -2.05. The van der Waals surface area contributed by atoms with Crippen molar-refractivity contribution in [1.82, 2.24) is 9.97 Å². The summed E-state index contributed by atoms with van der Waals surface area (Å²) in [4.78, 5) is 9.13. The Morgan fingerprint density at radius 2 is 0.733 bits per heavy atom. The van der Waals surface area contributed by atoms with Crippen molar-refractivity contribution in [2.24, 2.45) is 0 Å². The summed E-state index contributed by atoms with van der Waals surface area (Å²) in [5, 5.41) is 0. The number of pyridine rings is 2. The van der Waals surface area contributed by atoms with E-state index in [1.54, 1.807) is 0 Å². The van der Waals surface area contributed by atoms with Crippen molar-refractivity contribution >= 4 is 0 Å². The van der Waals surface area contributed by atoms with Crippen LogP contribution in [-0.2, 0) is 0 Å². The van der Waals surface area contributed by atoms with Crippen LogP contribution < -0.4 is 0 Å². The topological polar surface area (TPSA) is 25.8 Å². The van der Waals surface area contributed by atoms with Gasteiger partial charge >= 0.3 is 0 Å². The van der Waals surface area contributed by atoms with Gasteiger partial charge < -0.3 is 0 Å². The van der Waals surface area contributed by atoms with Gasteiger partial charge in [-0.1, -0.05) is 115 Å². The van der Waals surface area contributed by atoms with Crippen LogP contribution in [0.25, 0.3) is 33.6 Å². The molecular formula is C28H36N2. The van der Waals surface area contributed by atoms with Crippen LogP contribution in [0.2, 0.25) is 0 Å². The summed E-state index contributed by atoms with van der Waals surface area (Å²) in [7, 11) is 0. The molecule has 2 nitrogen and oxygen atoms in total. The lowest BCUT2D eigenvalue weighted by molar-refractivity contribution is 1.25. The van der Waals surface area contributed by atoms with E-state index in [9.17, 15) is 0 Å². The van der Waals surface area contributed by atoms with E-state index in [2.05, 4.69) is 46.4 Å². The summed E-state index contributed by atoms with van der Waals surface area (Å²) in [6.45, 7) is 8.00. The molecule has 30 heavy (non-hydrogen) atoms. The second kappa shape index (κ2) is 14.7. The third-order valence-electron chi connectivity index (χ3n) is 4.00. The maximum Gasteiger partial charge on any atom is 0.0886 e. The molecule has 2 heteroatoms. The van der Waals surface area contributed by atoms with Gasteiger partial charge in [-0.3, -0.25) is 9.97 Å². The van der Waals surface area contributed by atoms with Crippen molar-refractivity contribution in [3.8, 4) is 33.6 Å². The Balaban J connectivity index is 0.00000133. The zero-order valence-corrected chi connectivity index (χ0v) is 17.1. The first-order chi connectivity index (χ1) is 13.9. The number of nitrogens with zero attached hydrogens (tertiary/aromatic N) is 2. The lowest BCUT2D eigenvalue weighted by atomic mass is 10.1. The second-order valence-corrected chi connectivity index (χ2v) is 5.60. The van der Waals surface area contributed by atoms with Gasteiger partial charge in [-0.2, -0.15) is 0 Å². The number of aromatic nitrogens is 2. The molecule has 2 heterocycles. The molecule has 0 bridgehead atoms. The lowest BCUT2D eigenvalue weighted by Crippen LogP contribution is -1.89. The van der Waals surface area contributed by atoms with Crippen LogP contribution in [0.15, 0.2) is 97.3 Å². The third kappa shape index (κ3) is 6.97. The summed E-state index contributed by atoms with van der Waals surface area (Å²) >= 11 is 0. The number of benzene rings is 2. The van der Waals surface area contributed by atoms with Gasteiger partial charge in [0, 0.05) is 23.5 Å². The molecule has 0 N–H and O–H groups in total. The van der Waals surface area contributed by atoms with Gasteiger partial charge in [0.25, 0.3) is 0 Å². The fraction of sp³-hybridized carbons (Fsp3) is 0.214. The normalized spacial score (nSPS) is 8.80. The first kappa shape index (κ1) is 26.7. The van der Waals surface area contributed by atoms with Crippen molar-refractivity contribution < 1.29 is 0 Å². The number of rotatable bonds is 3. The monoisotopic (exact) mass is 400 g/mol. The van der Waals surface area contributed by atoms with Gasteiger partial charge in [0.05, 0.1) is 11.4 Å². The first-order valence-electron chi connectivity index (χ1n) is 9.93. The van der Waals surface area contributed by atoms with Gasteiger partial charge in [0.2, 0.25) is 0 Å². The van der Waals surface area contributed by atoms with Gasteiger partial charge in [0.15, 0.2) is 0 Å². The Morgan fingerprint density at radius 3 is 1.00 bits per heavy atom. The predicted molar refractivity (Wildman–Crippen MR) is 134 cm³/mol. The molecule has 0 fully saturated rings. The van der Waals surface area contributed by atoms with E-state index < -0.39 is 0 Å². The van der Waals surface area contributed by atoms with Gasteiger partial charge in [0.1, 0.15) is 0 Å². The Morgan fingerprint density at radius 1 is 0.400 bits per heavy atom. The minimum Gasteiger partial charge on any atom is -0.254 e. The van der Waals surface area contributed by atoms with E-state index in [-0.39, 0.29) is 14.9 Å². The molecule has 0 saturated heterocycles. The largest absolute Gasteiger partial charge is 0.254 e. The first-order valence-corrected chi connectivity index (χ1v) is 9.93. The summed E-state index contributed by atoms with van der Waals surface area (Å²) in [6.07, 6.45) is 3.80. The van der Waals surface area contributed by atoms with Crippen molar-refractivity contribution in [3.05, 3.63) is 97.3 Å². The Bertz CT molecular complexity index is 833. The zero-order valence-electron chi connectivity index (χ0n) is 17.1. The maximum atomic E-state index is 4.57. The van der Waals surface area contributed by atoms with Crippen molar-refractivity contribution in [2.75, 3.05) is 0 Å². The van der Waals surface area contributed by atoms with Crippen LogP contribution in [0.1, 0.15) is 42.5 Å². The van der Waals surface area contributed by atoms with Crippen LogP contribution in [-0.4, -0.2) is 9.97 Å². The van der Waals surface area contributed by atoms with Crippen LogP contribution in [0.3, 0.4) is 0 Å². The summed E-state index contributed by atoms with van der Waals surface area (Å²) < 4.78 is 0. The molecule has 4 rings (SSSR count). The van der Waals surface area contributed by atoms with E-state index in [0.29, 0.717) is 0 Å². The van der Waals surface area contributed by atoms with E-state index in [4.69, 9.17) is 0 Å². The van der Waals surface area contributed by atoms with Gasteiger partial charge in [-0.05, 0) is 23.3 Å². The Labute approximate surface area is 183 Å². The van der Waals surface area contributed by atoms with Crippen LogP contribution in [0.5, 0.6) is 0 Å². The minimum absolute atomic E-state index is 0. The van der Waals surface area contributed by atoms with Gasteiger partial charge in [-0.25, -0.2) is 0 Å². The highest BCUT2D eigenvalue weighted by atomic mass is 14.8. The van der Waals surface area contributed by atoms with Crippen LogP contribution in [0.4, 0.5) is 0 Å². The molecule has 0 saturated carbocycles. The van der Waals surface area contributed by atoms with Crippen molar-refractivity contribution in [3.63, 3.8) is 0 Å². The Kier molecular flexibility index (Phi) is 13.1. The molecule has 158 valence electrons. The van der Waals surface area contributed by atoms with Crippen molar-refractivity contribution in [1.29, 1.82) is 0 Å². The van der Waals surface area contributed by atoms with Crippen molar-refractivity contribution in [2.45, 2.75) is 42.5 Å². The summed E-state index contributed by atoms with van der Waals surface area (Å²) in [5.74, 6) is 0. The van der Waals surface area contributed by atoms with E-state index >= 15 is 0 Å². The van der Waals surface area contributed by atoms with E-state index in [1.807, 2.05) is 88.6 Å². The zero-order chi connectivity index (χ0) is 20.2. The summed E-state index contributed by atoms with van der Waals surface area (Å²) in [6, 6.07) is 28.7. The van der Waals surface area contributed by atoms with Crippen LogP contribution in [0, 0.1) is 0 Å².